The van der Waals surface area contributed by atoms with Gasteiger partial charge in [-0.05, 0) is 85.7 Å². The molecular weight excluding hydrogens is 448 g/mol. The van der Waals surface area contributed by atoms with Gasteiger partial charge in [-0.1, -0.05) is 99.3 Å². The molecule has 2 nitrogen and oxygen atoms in total. The zero-order chi connectivity index (χ0) is 25.8. The molecule has 0 spiro atoms. The van der Waals surface area contributed by atoms with Crippen molar-refractivity contribution in [2.24, 2.45) is 41.4 Å². The van der Waals surface area contributed by atoms with Gasteiger partial charge in [0.1, 0.15) is 0 Å². The molecule has 2 aliphatic carbocycles. The van der Waals surface area contributed by atoms with Crippen LogP contribution in [-0.2, 0) is 0 Å². The fourth-order valence-electron chi connectivity index (χ4n) is 7.64. The van der Waals surface area contributed by atoms with Crippen molar-refractivity contribution < 1.29 is 10.2 Å². The summed E-state index contributed by atoms with van der Waals surface area (Å²) in [6.45, 7) is 13.9. The number of aliphatic hydroxyl groups excluding tert-OH is 2. The highest BCUT2D eigenvalue weighted by molar-refractivity contribution is 7.99. The Kier molecular flexibility index (Phi) is 15.3. The first-order valence-corrected chi connectivity index (χ1v) is 16.8. The number of unbranched alkanes of at least 4 members (excludes halogenated alkanes) is 9. The highest BCUT2D eigenvalue weighted by Gasteiger charge is 2.45. The minimum Gasteiger partial charge on any atom is -0.393 e. The Labute approximate surface area is 224 Å². The van der Waals surface area contributed by atoms with Crippen molar-refractivity contribution in [3.8, 4) is 0 Å². The first kappa shape index (κ1) is 31.5. The molecule has 9 unspecified atom stereocenters. The van der Waals surface area contributed by atoms with Gasteiger partial charge in [0, 0.05) is 5.25 Å². The first-order chi connectivity index (χ1) is 16.7. The van der Waals surface area contributed by atoms with E-state index in [0.29, 0.717) is 46.7 Å². The van der Waals surface area contributed by atoms with E-state index in [0.717, 1.165) is 32.1 Å². The Morgan fingerprint density at radius 1 is 0.657 bits per heavy atom. The molecule has 35 heavy (non-hydrogen) atoms. The zero-order valence-corrected chi connectivity index (χ0v) is 25.2. The second-order valence-corrected chi connectivity index (χ2v) is 14.7. The summed E-state index contributed by atoms with van der Waals surface area (Å²) in [5, 5.41) is 23.2. The lowest BCUT2D eigenvalue weighted by Gasteiger charge is -2.48. The molecule has 0 saturated heterocycles. The lowest BCUT2D eigenvalue weighted by molar-refractivity contribution is -0.0819. The molecule has 0 bridgehead atoms. The van der Waals surface area contributed by atoms with Crippen molar-refractivity contribution in [2.45, 2.75) is 155 Å². The van der Waals surface area contributed by atoms with E-state index in [2.05, 4.69) is 53.3 Å². The molecule has 208 valence electrons. The minimum absolute atomic E-state index is 0.199. The zero-order valence-electron chi connectivity index (χ0n) is 24.4. The summed E-state index contributed by atoms with van der Waals surface area (Å²) in [6.07, 6.45) is 19.3. The van der Waals surface area contributed by atoms with Gasteiger partial charge in [0.2, 0.25) is 0 Å². The average Bonchev–Trinajstić information content (AvgIpc) is 2.81. The van der Waals surface area contributed by atoms with Gasteiger partial charge >= 0.3 is 0 Å². The summed E-state index contributed by atoms with van der Waals surface area (Å²) in [5.41, 5.74) is 0. The molecule has 2 rings (SSSR count). The van der Waals surface area contributed by atoms with Crippen LogP contribution in [0, 0.1) is 41.4 Å². The second kappa shape index (κ2) is 17.0. The minimum atomic E-state index is -0.199. The Morgan fingerprint density at radius 2 is 1.09 bits per heavy atom. The van der Waals surface area contributed by atoms with Crippen molar-refractivity contribution in [3.05, 3.63) is 0 Å². The van der Waals surface area contributed by atoms with Crippen LogP contribution < -0.4 is 0 Å². The highest BCUT2D eigenvalue weighted by Crippen LogP contribution is 2.48. The van der Waals surface area contributed by atoms with Crippen LogP contribution in [0.1, 0.15) is 138 Å². The summed E-state index contributed by atoms with van der Waals surface area (Å²) in [5.74, 6) is 4.57. The molecule has 2 N–H and O–H groups in total. The monoisotopic (exact) mass is 510 g/mol. The van der Waals surface area contributed by atoms with Gasteiger partial charge in [-0.2, -0.15) is 11.8 Å². The number of hydrogen-bond donors (Lipinski definition) is 2. The van der Waals surface area contributed by atoms with Crippen molar-refractivity contribution in [3.63, 3.8) is 0 Å². The van der Waals surface area contributed by atoms with E-state index in [-0.39, 0.29) is 12.2 Å². The van der Waals surface area contributed by atoms with E-state index in [1.54, 1.807) is 0 Å². The average molecular weight is 511 g/mol. The molecule has 0 radical (unpaired) electrons. The predicted octanol–water partition coefficient (Wildman–Crippen LogP) is 9.12. The molecule has 2 fully saturated rings. The van der Waals surface area contributed by atoms with Crippen LogP contribution in [0.4, 0.5) is 0 Å². The molecule has 0 aromatic heterocycles. The summed E-state index contributed by atoms with van der Waals surface area (Å²) in [4.78, 5) is 0. The van der Waals surface area contributed by atoms with Crippen LogP contribution in [0.2, 0.25) is 0 Å². The molecular formula is C32H62O2S. The predicted molar refractivity (Wildman–Crippen MR) is 156 cm³/mol. The fourth-order valence-corrected chi connectivity index (χ4v) is 8.77. The maximum absolute atomic E-state index is 11.3. The van der Waals surface area contributed by atoms with Crippen LogP contribution in [0.5, 0.6) is 0 Å². The standard InChI is InChI=1S/C32H62O2S/c1-7-8-9-10-11-12-13-14-15-16-17-35-27(6)22-28(29-20-23(2)18-25(4)31(29)33)30-21-24(3)19-26(5)32(30)34/h23-34H,7-22H2,1-6H3. The van der Waals surface area contributed by atoms with Crippen LogP contribution in [-0.4, -0.2) is 33.4 Å². The van der Waals surface area contributed by atoms with E-state index in [1.165, 1.54) is 70.0 Å². The number of hydrogen-bond acceptors (Lipinski definition) is 3. The normalized spacial score (nSPS) is 35.7. The van der Waals surface area contributed by atoms with Gasteiger partial charge in [-0.15, -0.1) is 0 Å². The second-order valence-electron chi connectivity index (χ2n) is 13.2. The van der Waals surface area contributed by atoms with Crippen molar-refractivity contribution in [1.29, 1.82) is 0 Å². The highest BCUT2D eigenvalue weighted by atomic mass is 32.2. The van der Waals surface area contributed by atoms with Crippen LogP contribution >= 0.6 is 11.8 Å². The third-order valence-corrected chi connectivity index (χ3v) is 10.8. The maximum atomic E-state index is 11.3. The summed E-state index contributed by atoms with van der Waals surface area (Å²) < 4.78 is 0. The quantitative estimate of drug-likeness (QED) is 0.203. The Bertz CT molecular complexity index is 510. The Morgan fingerprint density at radius 3 is 1.54 bits per heavy atom. The molecule has 2 aliphatic rings. The largest absolute Gasteiger partial charge is 0.393 e. The first-order valence-electron chi connectivity index (χ1n) is 15.7. The summed E-state index contributed by atoms with van der Waals surface area (Å²) >= 11 is 2.15. The van der Waals surface area contributed by atoms with Crippen LogP contribution in [0.3, 0.4) is 0 Å². The van der Waals surface area contributed by atoms with E-state index >= 15 is 0 Å². The van der Waals surface area contributed by atoms with E-state index in [4.69, 9.17) is 0 Å². The smallest absolute Gasteiger partial charge is 0.0596 e. The number of rotatable bonds is 16. The van der Waals surface area contributed by atoms with Crippen LogP contribution in [0.15, 0.2) is 0 Å². The number of thioether (sulfide) groups is 1. The summed E-state index contributed by atoms with van der Waals surface area (Å²) in [7, 11) is 0. The van der Waals surface area contributed by atoms with Gasteiger partial charge in [0.15, 0.2) is 0 Å². The SMILES string of the molecule is CCCCCCCCCCCCSC(C)CC(C1CC(C)CC(C)C1O)C1CC(C)CC(C)C1O. The summed E-state index contributed by atoms with van der Waals surface area (Å²) in [6, 6.07) is 0. The van der Waals surface area contributed by atoms with Crippen molar-refractivity contribution in [2.75, 3.05) is 5.75 Å². The topological polar surface area (TPSA) is 40.5 Å². The molecule has 0 heterocycles. The molecule has 0 aliphatic heterocycles. The van der Waals surface area contributed by atoms with Crippen molar-refractivity contribution in [1.82, 2.24) is 0 Å². The Hall–Kier alpha value is 0.270. The van der Waals surface area contributed by atoms with Gasteiger partial charge in [-0.3, -0.25) is 0 Å². The molecule has 2 saturated carbocycles. The maximum Gasteiger partial charge on any atom is 0.0596 e. The lowest BCUT2D eigenvalue weighted by Crippen LogP contribution is -2.47. The van der Waals surface area contributed by atoms with E-state index < -0.39 is 0 Å². The van der Waals surface area contributed by atoms with E-state index in [9.17, 15) is 10.2 Å². The van der Waals surface area contributed by atoms with Gasteiger partial charge in [-0.25, -0.2) is 0 Å². The molecule has 3 heteroatoms. The van der Waals surface area contributed by atoms with Gasteiger partial charge < -0.3 is 10.2 Å². The van der Waals surface area contributed by atoms with E-state index in [1.807, 2.05) is 0 Å². The molecule has 9 atom stereocenters. The van der Waals surface area contributed by atoms with Crippen molar-refractivity contribution >= 4 is 11.8 Å². The molecule has 0 aromatic carbocycles. The third kappa shape index (κ3) is 10.9. The van der Waals surface area contributed by atoms with Crippen LogP contribution in [0.25, 0.3) is 0 Å². The fraction of sp³-hybridized carbons (Fsp3) is 1.00. The van der Waals surface area contributed by atoms with Gasteiger partial charge in [0.05, 0.1) is 12.2 Å². The molecule has 0 amide bonds. The van der Waals surface area contributed by atoms with Gasteiger partial charge in [0.25, 0.3) is 0 Å². The lowest BCUT2D eigenvalue weighted by atomic mass is 9.60. The Balaban J connectivity index is 1.82. The molecule has 0 aromatic rings. The number of aliphatic hydroxyl groups is 2. The third-order valence-electron chi connectivity index (χ3n) is 9.54.